The summed E-state index contributed by atoms with van der Waals surface area (Å²) < 4.78 is 4.26. The summed E-state index contributed by atoms with van der Waals surface area (Å²) in [4.78, 5) is 10.7. The highest BCUT2D eigenvalue weighted by molar-refractivity contribution is 5.94. The molecule has 0 fully saturated rings. The van der Waals surface area contributed by atoms with Gasteiger partial charge in [0.1, 0.15) is 6.07 Å². The molecule has 0 radical (unpaired) electrons. The van der Waals surface area contributed by atoms with Crippen molar-refractivity contribution >= 4 is 5.97 Å². The summed E-state index contributed by atoms with van der Waals surface area (Å²) in [7, 11) is 1.16. The van der Waals surface area contributed by atoms with Crippen LogP contribution in [-0.2, 0) is 9.53 Å². The fourth-order valence-corrected chi connectivity index (χ4v) is 0.441. The van der Waals surface area contributed by atoms with Gasteiger partial charge in [-0.3, -0.25) is 0 Å². The van der Waals surface area contributed by atoms with Crippen molar-refractivity contribution in [1.82, 2.24) is 0 Å². The van der Waals surface area contributed by atoms with Gasteiger partial charge in [-0.1, -0.05) is 0 Å². The summed E-state index contributed by atoms with van der Waals surface area (Å²) in [5.41, 5.74) is -0.172. The fraction of sp³-hybridized carbons (Fsp3) is 0.286. The molecular formula is C7H6N2O2. The van der Waals surface area contributed by atoms with Crippen molar-refractivity contribution in [2.45, 2.75) is 6.92 Å². The van der Waals surface area contributed by atoms with E-state index in [1.165, 1.54) is 6.92 Å². The van der Waals surface area contributed by atoms with E-state index in [0.29, 0.717) is 0 Å². The van der Waals surface area contributed by atoms with E-state index < -0.39 is 5.97 Å². The molecule has 0 saturated heterocycles. The molecular weight excluding hydrogens is 144 g/mol. The topological polar surface area (TPSA) is 73.9 Å². The molecule has 0 aliphatic heterocycles. The lowest BCUT2D eigenvalue weighted by atomic mass is 10.2. The Labute approximate surface area is 64.3 Å². The second kappa shape index (κ2) is 4.08. The van der Waals surface area contributed by atoms with Crippen LogP contribution in [0.1, 0.15) is 6.92 Å². The molecule has 0 rings (SSSR count). The minimum absolute atomic E-state index is 0.0688. The van der Waals surface area contributed by atoms with E-state index in [4.69, 9.17) is 10.5 Å². The molecule has 0 aromatic rings. The Kier molecular flexibility index (Phi) is 3.41. The van der Waals surface area contributed by atoms with E-state index in [1.54, 1.807) is 12.1 Å². The standard InChI is InChI=1S/C7H6N2O2/c1-5(3-8)6(4-9)7(10)11-2/h1-2H3. The highest BCUT2D eigenvalue weighted by Crippen LogP contribution is 2.02. The van der Waals surface area contributed by atoms with Crippen LogP contribution in [0.4, 0.5) is 0 Å². The first-order valence-electron chi connectivity index (χ1n) is 2.76. The maximum Gasteiger partial charge on any atom is 0.349 e. The number of nitrogens with zero attached hydrogens (tertiary/aromatic N) is 2. The van der Waals surface area contributed by atoms with E-state index in [-0.39, 0.29) is 11.1 Å². The molecule has 56 valence electrons. The number of nitriles is 2. The van der Waals surface area contributed by atoms with Gasteiger partial charge in [0.25, 0.3) is 0 Å². The molecule has 11 heavy (non-hydrogen) atoms. The highest BCUT2D eigenvalue weighted by atomic mass is 16.5. The predicted molar refractivity (Wildman–Crippen MR) is 35.9 cm³/mol. The monoisotopic (exact) mass is 150 g/mol. The third-order valence-corrected chi connectivity index (χ3v) is 1.04. The number of allylic oxidation sites excluding steroid dienone is 1. The first kappa shape index (κ1) is 9.19. The number of ether oxygens (including phenoxy) is 1. The number of hydrogen-bond donors (Lipinski definition) is 0. The largest absolute Gasteiger partial charge is 0.465 e. The second-order valence-electron chi connectivity index (χ2n) is 1.72. The van der Waals surface area contributed by atoms with Gasteiger partial charge in [-0.25, -0.2) is 4.79 Å². The van der Waals surface area contributed by atoms with Gasteiger partial charge in [-0.05, 0) is 6.92 Å². The van der Waals surface area contributed by atoms with Gasteiger partial charge < -0.3 is 4.74 Å². The summed E-state index contributed by atoms with van der Waals surface area (Å²) in [6.07, 6.45) is 0. The minimum atomic E-state index is -0.772. The van der Waals surface area contributed by atoms with E-state index in [9.17, 15) is 4.79 Å². The lowest BCUT2D eigenvalue weighted by Gasteiger charge is -1.94. The molecule has 0 unspecified atom stereocenters. The lowest BCUT2D eigenvalue weighted by Crippen LogP contribution is -2.04. The number of esters is 1. The van der Waals surface area contributed by atoms with Gasteiger partial charge in [0.15, 0.2) is 5.57 Å². The number of carbonyl (C=O) groups is 1. The maximum atomic E-state index is 10.7. The quantitative estimate of drug-likeness (QED) is 0.310. The Morgan fingerprint density at radius 1 is 1.36 bits per heavy atom. The van der Waals surface area contributed by atoms with Crippen LogP contribution in [-0.4, -0.2) is 13.1 Å². The number of rotatable bonds is 1. The summed E-state index contributed by atoms with van der Waals surface area (Å²) in [6.45, 7) is 1.38. The lowest BCUT2D eigenvalue weighted by molar-refractivity contribution is -0.135. The van der Waals surface area contributed by atoms with Crippen LogP contribution in [0, 0.1) is 22.7 Å². The van der Waals surface area contributed by atoms with Crippen LogP contribution in [0.25, 0.3) is 0 Å². The maximum absolute atomic E-state index is 10.7. The predicted octanol–water partition coefficient (Wildman–Crippen LogP) is 0.523. The van der Waals surface area contributed by atoms with E-state index in [0.717, 1.165) is 7.11 Å². The van der Waals surface area contributed by atoms with Crippen LogP contribution in [0.2, 0.25) is 0 Å². The average molecular weight is 150 g/mol. The Balaban J connectivity index is 4.89. The normalized spacial score (nSPS) is 10.5. The molecule has 0 aliphatic carbocycles. The molecule has 0 N–H and O–H groups in total. The molecule has 0 heterocycles. The van der Waals surface area contributed by atoms with Gasteiger partial charge in [0.05, 0.1) is 18.8 Å². The third-order valence-electron chi connectivity index (χ3n) is 1.04. The smallest absolute Gasteiger partial charge is 0.349 e. The molecule has 4 heteroatoms. The van der Waals surface area contributed by atoms with Gasteiger partial charge in [-0.2, -0.15) is 10.5 Å². The zero-order valence-corrected chi connectivity index (χ0v) is 6.21. The second-order valence-corrected chi connectivity index (χ2v) is 1.72. The van der Waals surface area contributed by atoms with Crippen LogP contribution in [0.5, 0.6) is 0 Å². The van der Waals surface area contributed by atoms with E-state index >= 15 is 0 Å². The molecule has 0 atom stereocenters. The molecule has 0 bridgehead atoms. The number of carbonyl (C=O) groups excluding carboxylic acids is 1. The van der Waals surface area contributed by atoms with Crippen molar-refractivity contribution < 1.29 is 9.53 Å². The molecule has 0 amide bonds. The Hall–Kier alpha value is -1.81. The van der Waals surface area contributed by atoms with E-state index in [1.807, 2.05) is 0 Å². The summed E-state index contributed by atoms with van der Waals surface area (Å²) in [5.74, 6) is -0.772. The Morgan fingerprint density at radius 2 is 1.91 bits per heavy atom. The van der Waals surface area contributed by atoms with Gasteiger partial charge in [0.2, 0.25) is 0 Å². The number of hydrogen-bond acceptors (Lipinski definition) is 4. The fourth-order valence-electron chi connectivity index (χ4n) is 0.441. The zero-order chi connectivity index (χ0) is 8.85. The van der Waals surface area contributed by atoms with Crippen LogP contribution in [0.15, 0.2) is 11.1 Å². The number of methoxy groups -OCH3 is 1. The third kappa shape index (κ3) is 2.11. The average Bonchev–Trinajstić information content (AvgIpc) is 2.05. The first-order chi connectivity index (χ1) is 5.17. The van der Waals surface area contributed by atoms with Gasteiger partial charge in [0, 0.05) is 0 Å². The Morgan fingerprint density at radius 3 is 2.18 bits per heavy atom. The van der Waals surface area contributed by atoms with Gasteiger partial charge >= 0.3 is 5.97 Å². The molecule has 0 aromatic carbocycles. The van der Waals surface area contributed by atoms with Crippen molar-refractivity contribution in [3.63, 3.8) is 0 Å². The summed E-state index contributed by atoms with van der Waals surface area (Å²) >= 11 is 0. The van der Waals surface area contributed by atoms with Crippen LogP contribution in [0.3, 0.4) is 0 Å². The molecule has 0 aliphatic rings. The molecule has 4 nitrogen and oxygen atoms in total. The Bertz CT molecular complexity index is 278. The summed E-state index contributed by atoms with van der Waals surface area (Å²) in [5, 5.41) is 16.7. The van der Waals surface area contributed by atoms with Crippen molar-refractivity contribution in [2.24, 2.45) is 0 Å². The molecule has 0 saturated carbocycles. The van der Waals surface area contributed by atoms with Crippen molar-refractivity contribution in [1.29, 1.82) is 10.5 Å². The van der Waals surface area contributed by atoms with Gasteiger partial charge in [-0.15, -0.1) is 0 Å². The highest BCUT2D eigenvalue weighted by Gasteiger charge is 2.11. The first-order valence-corrected chi connectivity index (χ1v) is 2.76. The van der Waals surface area contributed by atoms with Crippen molar-refractivity contribution in [3.05, 3.63) is 11.1 Å². The minimum Gasteiger partial charge on any atom is -0.465 e. The van der Waals surface area contributed by atoms with Crippen molar-refractivity contribution in [2.75, 3.05) is 7.11 Å². The van der Waals surface area contributed by atoms with Crippen LogP contribution < -0.4 is 0 Å². The van der Waals surface area contributed by atoms with E-state index in [2.05, 4.69) is 4.74 Å². The molecule has 0 aromatic heterocycles. The summed E-state index contributed by atoms with van der Waals surface area (Å²) in [6, 6.07) is 3.27. The van der Waals surface area contributed by atoms with Crippen molar-refractivity contribution in [3.8, 4) is 12.1 Å². The SMILES string of the molecule is COC(=O)C(C#N)=C(C)C#N. The van der Waals surface area contributed by atoms with Crippen LogP contribution >= 0.6 is 0 Å². The zero-order valence-electron chi connectivity index (χ0n) is 6.21. The molecule has 0 spiro atoms.